The summed E-state index contributed by atoms with van der Waals surface area (Å²) in [6.07, 6.45) is 5.52. The fraction of sp³-hybridized carbons (Fsp3) is 0.481. The lowest BCUT2D eigenvalue weighted by atomic mass is 9.89. The third kappa shape index (κ3) is 8.37. The van der Waals surface area contributed by atoms with Gasteiger partial charge < -0.3 is 24.8 Å². The standard InChI is InChI=1S/C27H36N2O5/c1-2-33-25(26(30)31)19-21-13-15-24(16-14-21)34-18-17-29(20-22-9-5-3-6-10-22)27(32)28-23-11-7-4-8-12-23/h4,7-8,11-16,22,25H,2-3,5-6,9-10,17-20H2,1H3,(H,28,32)(H,30,31). The number of carboxylic acids is 1. The van der Waals surface area contributed by atoms with E-state index in [0.29, 0.717) is 37.8 Å². The highest BCUT2D eigenvalue weighted by atomic mass is 16.5. The van der Waals surface area contributed by atoms with E-state index in [9.17, 15) is 14.7 Å². The number of hydrogen-bond acceptors (Lipinski definition) is 4. The molecule has 2 amide bonds. The number of carbonyl (C=O) groups is 2. The molecule has 34 heavy (non-hydrogen) atoms. The van der Waals surface area contributed by atoms with Crippen LogP contribution in [0, 0.1) is 5.92 Å². The highest BCUT2D eigenvalue weighted by molar-refractivity contribution is 5.89. The summed E-state index contributed by atoms with van der Waals surface area (Å²) in [5, 5.41) is 12.3. The Morgan fingerprint density at radius 1 is 1.06 bits per heavy atom. The van der Waals surface area contributed by atoms with Crippen LogP contribution in [-0.2, 0) is 16.0 Å². The van der Waals surface area contributed by atoms with Crippen LogP contribution in [-0.4, -0.2) is 54.4 Å². The topological polar surface area (TPSA) is 88.1 Å². The molecule has 1 fully saturated rings. The van der Waals surface area contributed by atoms with Crippen LogP contribution in [0.15, 0.2) is 54.6 Å². The average molecular weight is 469 g/mol. The van der Waals surface area contributed by atoms with E-state index in [0.717, 1.165) is 30.6 Å². The predicted octanol–water partition coefficient (Wildman–Crippen LogP) is 5.21. The van der Waals surface area contributed by atoms with Crippen molar-refractivity contribution in [2.75, 3.05) is 31.6 Å². The van der Waals surface area contributed by atoms with Gasteiger partial charge in [-0.15, -0.1) is 0 Å². The molecule has 0 heterocycles. The zero-order valence-corrected chi connectivity index (χ0v) is 19.9. The van der Waals surface area contributed by atoms with Crippen LogP contribution in [0.1, 0.15) is 44.6 Å². The van der Waals surface area contributed by atoms with Crippen LogP contribution in [0.2, 0.25) is 0 Å². The number of para-hydroxylation sites is 1. The van der Waals surface area contributed by atoms with Crippen molar-refractivity contribution in [3.05, 3.63) is 60.2 Å². The number of ether oxygens (including phenoxy) is 2. The molecule has 1 unspecified atom stereocenters. The van der Waals surface area contributed by atoms with Gasteiger partial charge in [0.25, 0.3) is 0 Å². The monoisotopic (exact) mass is 468 g/mol. The molecule has 7 nitrogen and oxygen atoms in total. The first-order valence-corrected chi connectivity index (χ1v) is 12.2. The van der Waals surface area contributed by atoms with Crippen LogP contribution in [0.4, 0.5) is 10.5 Å². The van der Waals surface area contributed by atoms with Crippen molar-refractivity contribution in [2.24, 2.45) is 5.92 Å². The Morgan fingerprint density at radius 3 is 2.41 bits per heavy atom. The van der Waals surface area contributed by atoms with Crippen molar-refractivity contribution in [3.8, 4) is 5.75 Å². The third-order valence-corrected chi connectivity index (χ3v) is 6.13. The minimum Gasteiger partial charge on any atom is -0.492 e. The number of amides is 2. The van der Waals surface area contributed by atoms with Crippen LogP contribution in [0.5, 0.6) is 5.75 Å². The summed E-state index contributed by atoms with van der Waals surface area (Å²) in [5.41, 5.74) is 1.65. The quantitative estimate of drug-likeness (QED) is 0.446. The molecule has 0 saturated heterocycles. The van der Waals surface area contributed by atoms with Crippen molar-refractivity contribution in [2.45, 2.75) is 51.6 Å². The number of aliphatic carboxylic acids is 1. The smallest absolute Gasteiger partial charge is 0.333 e. The number of carboxylic acid groups (broad SMARTS) is 1. The number of nitrogens with one attached hydrogen (secondary N) is 1. The molecule has 0 aromatic heterocycles. The number of hydrogen-bond donors (Lipinski definition) is 2. The minimum atomic E-state index is -0.964. The second-order valence-electron chi connectivity index (χ2n) is 8.72. The molecule has 1 saturated carbocycles. The Balaban J connectivity index is 1.54. The molecule has 1 atom stereocenters. The van der Waals surface area contributed by atoms with Gasteiger partial charge in [-0.05, 0) is 55.5 Å². The molecule has 3 rings (SSSR count). The molecule has 0 aliphatic heterocycles. The molecular formula is C27H36N2O5. The summed E-state index contributed by atoms with van der Waals surface area (Å²) < 4.78 is 11.2. The average Bonchev–Trinajstić information content (AvgIpc) is 2.85. The lowest BCUT2D eigenvalue weighted by Crippen LogP contribution is -2.41. The van der Waals surface area contributed by atoms with E-state index < -0.39 is 12.1 Å². The SMILES string of the molecule is CCOC(Cc1ccc(OCCN(CC2CCCCC2)C(=O)Nc2ccccc2)cc1)C(=O)O. The van der Waals surface area contributed by atoms with Gasteiger partial charge in [-0.1, -0.05) is 49.6 Å². The summed E-state index contributed by atoms with van der Waals surface area (Å²) >= 11 is 0. The van der Waals surface area contributed by atoms with Gasteiger partial charge in [-0.25, -0.2) is 9.59 Å². The molecule has 2 N–H and O–H groups in total. The highest BCUT2D eigenvalue weighted by Crippen LogP contribution is 2.25. The lowest BCUT2D eigenvalue weighted by molar-refractivity contribution is -0.149. The Morgan fingerprint density at radius 2 is 1.76 bits per heavy atom. The van der Waals surface area contributed by atoms with Crippen LogP contribution in [0.25, 0.3) is 0 Å². The Labute approximate surface area is 202 Å². The first-order valence-electron chi connectivity index (χ1n) is 12.2. The van der Waals surface area contributed by atoms with Crippen molar-refractivity contribution in [3.63, 3.8) is 0 Å². The van der Waals surface area contributed by atoms with Gasteiger partial charge in [-0.2, -0.15) is 0 Å². The maximum Gasteiger partial charge on any atom is 0.333 e. The van der Waals surface area contributed by atoms with E-state index in [1.807, 2.05) is 59.5 Å². The van der Waals surface area contributed by atoms with Gasteiger partial charge in [0.15, 0.2) is 6.10 Å². The number of carbonyl (C=O) groups excluding carboxylic acids is 1. The lowest BCUT2D eigenvalue weighted by Gasteiger charge is -2.30. The molecule has 0 spiro atoms. The van der Waals surface area contributed by atoms with Crippen LogP contribution >= 0.6 is 0 Å². The normalized spacial score (nSPS) is 14.9. The first kappa shape index (κ1) is 25.6. The number of urea groups is 1. The number of nitrogens with zero attached hydrogens (tertiary/aromatic N) is 1. The molecule has 2 aromatic rings. The van der Waals surface area contributed by atoms with Crippen LogP contribution < -0.4 is 10.1 Å². The van der Waals surface area contributed by atoms with E-state index >= 15 is 0 Å². The summed E-state index contributed by atoms with van der Waals surface area (Å²) in [4.78, 5) is 26.1. The number of anilines is 1. The maximum atomic E-state index is 13.0. The van der Waals surface area contributed by atoms with Crippen molar-refractivity contribution in [1.82, 2.24) is 4.90 Å². The predicted molar refractivity (Wildman–Crippen MR) is 132 cm³/mol. The molecule has 0 radical (unpaired) electrons. The van der Waals surface area contributed by atoms with E-state index in [-0.39, 0.29) is 6.03 Å². The molecule has 0 bridgehead atoms. The highest BCUT2D eigenvalue weighted by Gasteiger charge is 2.21. The molecule has 2 aromatic carbocycles. The Kier molecular flexibility index (Phi) is 10.2. The summed E-state index contributed by atoms with van der Waals surface area (Å²) in [7, 11) is 0. The Bertz CT molecular complexity index is 882. The van der Waals surface area contributed by atoms with Gasteiger partial charge >= 0.3 is 12.0 Å². The van der Waals surface area contributed by atoms with Crippen LogP contribution in [0.3, 0.4) is 0 Å². The van der Waals surface area contributed by atoms with Gasteiger partial charge in [0.2, 0.25) is 0 Å². The van der Waals surface area contributed by atoms with Crippen molar-refractivity contribution >= 4 is 17.7 Å². The van der Waals surface area contributed by atoms with E-state index in [4.69, 9.17) is 9.47 Å². The summed E-state index contributed by atoms with van der Waals surface area (Å²) in [6.45, 7) is 3.74. The molecule has 1 aliphatic carbocycles. The summed E-state index contributed by atoms with van der Waals surface area (Å²) in [6, 6.07) is 16.8. The van der Waals surface area contributed by atoms with Gasteiger partial charge in [-0.3, -0.25) is 0 Å². The minimum absolute atomic E-state index is 0.105. The molecule has 7 heteroatoms. The fourth-order valence-corrected chi connectivity index (χ4v) is 4.31. The summed E-state index contributed by atoms with van der Waals surface area (Å²) in [5.74, 6) is 0.254. The Hall–Kier alpha value is -3.06. The van der Waals surface area contributed by atoms with Gasteiger partial charge in [0.1, 0.15) is 12.4 Å². The number of benzene rings is 2. The largest absolute Gasteiger partial charge is 0.492 e. The zero-order valence-electron chi connectivity index (χ0n) is 19.9. The van der Waals surface area contributed by atoms with Gasteiger partial charge in [0, 0.05) is 25.3 Å². The first-order chi connectivity index (χ1) is 16.5. The van der Waals surface area contributed by atoms with E-state index in [2.05, 4.69) is 5.32 Å². The second kappa shape index (κ2) is 13.6. The van der Waals surface area contributed by atoms with E-state index in [1.54, 1.807) is 6.92 Å². The van der Waals surface area contributed by atoms with Crippen molar-refractivity contribution < 1.29 is 24.2 Å². The third-order valence-electron chi connectivity index (χ3n) is 6.13. The van der Waals surface area contributed by atoms with Crippen molar-refractivity contribution in [1.29, 1.82) is 0 Å². The molecule has 1 aliphatic rings. The molecular weight excluding hydrogens is 432 g/mol. The van der Waals surface area contributed by atoms with E-state index in [1.165, 1.54) is 19.3 Å². The second-order valence-corrected chi connectivity index (χ2v) is 8.72. The molecule has 184 valence electrons. The number of rotatable bonds is 12. The van der Waals surface area contributed by atoms with Gasteiger partial charge in [0.05, 0.1) is 6.54 Å². The maximum absolute atomic E-state index is 13.0. The zero-order chi connectivity index (χ0) is 24.2. The fourth-order valence-electron chi connectivity index (χ4n) is 4.31.